The smallest absolute Gasteiger partial charge is 0.188 e. The first kappa shape index (κ1) is 12.7. The first-order chi connectivity index (χ1) is 9.33. The Morgan fingerprint density at radius 1 is 1.42 bits per heavy atom. The Bertz CT molecular complexity index is 527. The lowest BCUT2D eigenvalue weighted by Gasteiger charge is -2.33. The Labute approximate surface area is 116 Å². The molecule has 1 fully saturated rings. The minimum absolute atomic E-state index is 0.562. The zero-order chi connectivity index (χ0) is 13.1. The van der Waals surface area contributed by atoms with E-state index in [4.69, 9.17) is 0 Å². The maximum Gasteiger partial charge on any atom is 0.188 e. The van der Waals surface area contributed by atoms with Crippen molar-refractivity contribution in [1.29, 1.82) is 0 Å². The van der Waals surface area contributed by atoms with Crippen LogP contribution in [0.15, 0.2) is 23.8 Å². The zero-order valence-corrected chi connectivity index (χ0v) is 11.7. The van der Waals surface area contributed by atoms with E-state index in [1.807, 2.05) is 6.07 Å². The van der Waals surface area contributed by atoms with E-state index in [-0.39, 0.29) is 0 Å². The van der Waals surface area contributed by atoms with Crippen LogP contribution in [0.1, 0.15) is 12.6 Å². The van der Waals surface area contributed by atoms with Crippen molar-refractivity contribution >= 4 is 11.3 Å². The molecule has 0 radical (unpaired) electrons. The van der Waals surface area contributed by atoms with Gasteiger partial charge in [-0.05, 0) is 13.0 Å². The Morgan fingerprint density at radius 2 is 2.26 bits per heavy atom. The number of hydrogen-bond donors (Lipinski definition) is 1. The van der Waals surface area contributed by atoms with E-state index in [2.05, 4.69) is 37.5 Å². The number of aromatic nitrogens is 3. The number of rotatable bonds is 3. The number of piperazine rings is 1. The van der Waals surface area contributed by atoms with Gasteiger partial charge in [0.05, 0.1) is 5.69 Å². The summed E-state index contributed by atoms with van der Waals surface area (Å²) in [6, 6.07) is 2.38. The van der Waals surface area contributed by atoms with Gasteiger partial charge in [0, 0.05) is 50.0 Å². The van der Waals surface area contributed by atoms with Crippen molar-refractivity contribution in [3.63, 3.8) is 0 Å². The second kappa shape index (κ2) is 5.73. The molecule has 0 unspecified atom stereocenters. The van der Waals surface area contributed by atoms with Crippen molar-refractivity contribution in [3.05, 3.63) is 29.5 Å². The molecular formula is C13H17N5S. The number of hydrogen-bond acceptors (Lipinski definition) is 6. The van der Waals surface area contributed by atoms with Crippen LogP contribution in [0.4, 0.5) is 0 Å². The molecule has 0 aliphatic carbocycles. The molecule has 1 atom stereocenters. The van der Waals surface area contributed by atoms with Gasteiger partial charge >= 0.3 is 0 Å². The third-order valence-corrected chi connectivity index (χ3v) is 4.20. The molecule has 3 rings (SSSR count). The lowest BCUT2D eigenvalue weighted by molar-refractivity contribution is 0.164. The molecule has 5 nitrogen and oxygen atoms in total. The summed E-state index contributed by atoms with van der Waals surface area (Å²) in [5.41, 5.74) is 1.11. The molecule has 2 aromatic rings. The molecule has 0 aromatic carbocycles. The van der Waals surface area contributed by atoms with E-state index in [1.165, 1.54) is 0 Å². The molecule has 1 N–H and O–H groups in total. The molecule has 19 heavy (non-hydrogen) atoms. The standard InChI is InChI=1S/C13H17N5S/c1-10-7-14-5-6-18(10)8-11-9-19-13(17-11)12-15-3-2-4-16-12/h2-4,9-10,14H,5-8H2,1H3/t10-/m1/s1. The van der Waals surface area contributed by atoms with Crippen LogP contribution in [-0.2, 0) is 6.54 Å². The fraction of sp³-hybridized carbons (Fsp3) is 0.462. The van der Waals surface area contributed by atoms with Crippen LogP contribution in [0.2, 0.25) is 0 Å². The highest BCUT2D eigenvalue weighted by Crippen LogP contribution is 2.21. The molecule has 0 amide bonds. The summed E-state index contributed by atoms with van der Waals surface area (Å²) in [6.07, 6.45) is 3.50. The summed E-state index contributed by atoms with van der Waals surface area (Å²) >= 11 is 1.61. The molecule has 6 heteroatoms. The van der Waals surface area contributed by atoms with Crippen molar-refractivity contribution in [1.82, 2.24) is 25.2 Å². The maximum atomic E-state index is 4.64. The molecule has 1 saturated heterocycles. The van der Waals surface area contributed by atoms with Gasteiger partial charge in [0.25, 0.3) is 0 Å². The van der Waals surface area contributed by atoms with Crippen LogP contribution in [-0.4, -0.2) is 45.5 Å². The molecular weight excluding hydrogens is 258 g/mol. The second-order valence-electron chi connectivity index (χ2n) is 4.74. The molecule has 1 aliphatic heterocycles. The minimum atomic E-state index is 0.562. The first-order valence-corrected chi connectivity index (χ1v) is 7.37. The second-order valence-corrected chi connectivity index (χ2v) is 5.60. The summed E-state index contributed by atoms with van der Waals surface area (Å²) in [7, 11) is 0. The van der Waals surface area contributed by atoms with Crippen LogP contribution in [0, 0.1) is 0 Å². The molecule has 1 aliphatic rings. The van der Waals surface area contributed by atoms with E-state index in [9.17, 15) is 0 Å². The molecule has 2 aromatic heterocycles. The fourth-order valence-corrected chi connectivity index (χ4v) is 2.97. The highest BCUT2D eigenvalue weighted by molar-refractivity contribution is 7.13. The van der Waals surface area contributed by atoms with Crippen LogP contribution in [0.5, 0.6) is 0 Å². The monoisotopic (exact) mass is 275 g/mol. The molecule has 0 bridgehead atoms. The third-order valence-electron chi connectivity index (χ3n) is 3.31. The number of nitrogens with one attached hydrogen (secondary N) is 1. The van der Waals surface area contributed by atoms with E-state index in [1.54, 1.807) is 23.7 Å². The molecule has 100 valence electrons. The van der Waals surface area contributed by atoms with Gasteiger partial charge in [-0.1, -0.05) is 0 Å². The lowest BCUT2D eigenvalue weighted by atomic mass is 10.2. The van der Waals surface area contributed by atoms with E-state index in [0.717, 1.165) is 36.9 Å². The highest BCUT2D eigenvalue weighted by Gasteiger charge is 2.19. The average molecular weight is 275 g/mol. The van der Waals surface area contributed by atoms with Gasteiger partial charge < -0.3 is 5.32 Å². The van der Waals surface area contributed by atoms with Crippen molar-refractivity contribution in [2.75, 3.05) is 19.6 Å². The Kier molecular flexibility index (Phi) is 3.82. The molecule has 0 saturated carbocycles. The van der Waals surface area contributed by atoms with Gasteiger partial charge in [-0.3, -0.25) is 4.90 Å². The summed E-state index contributed by atoms with van der Waals surface area (Å²) < 4.78 is 0. The summed E-state index contributed by atoms with van der Waals surface area (Å²) in [5, 5.41) is 6.41. The van der Waals surface area contributed by atoms with Gasteiger partial charge in [-0.15, -0.1) is 11.3 Å². The number of nitrogens with zero attached hydrogens (tertiary/aromatic N) is 4. The Balaban J connectivity index is 1.71. The number of thiazole rings is 1. The van der Waals surface area contributed by atoms with Crippen LogP contribution < -0.4 is 5.32 Å². The van der Waals surface area contributed by atoms with Crippen molar-refractivity contribution < 1.29 is 0 Å². The summed E-state index contributed by atoms with van der Waals surface area (Å²) in [4.78, 5) is 15.6. The quantitative estimate of drug-likeness (QED) is 0.917. The molecule has 3 heterocycles. The maximum absolute atomic E-state index is 4.64. The zero-order valence-electron chi connectivity index (χ0n) is 10.9. The van der Waals surface area contributed by atoms with Gasteiger partial charge in [0.2, 0.25) is 0 Å². The Morgan fingerprint density at radius 3 is 3.05 bits per heavy atom. The Hall–Kier alpha value is -1.37. The third kappa shape index (κ3) is 2.97. The predicted octanol–water partition coefficient (Wildman–Crippen LogP) is 1.39. The van der Waals surface area contributed by atoms with Crippen LogP contribution in [0.3, 0.4) is 0 Å². The lowest BCUT2D eigenvalue weighted by Crippen LogP contribution is -2.49. The topological polar surface area (TPSA) is 53.9 Å². The average Bonchev–Trinajstić information content (AvgIpc) is 2.91. The van der Waals surface area contributed by atoms with Gasteiger partial charge in [-0.25, -0.2) is 15.0 Å². The van der Waals surface area contributed by atoms with Crippen molar-refractivity contribution in [2.24, 2.45) is 0 Å². The van der Waals surface area contributed by atoms with Gasteiger partial charge in [0.15, 0.2) is 10.8 Å². The van der Waals surface area contributed by atoms with Crippen LogP contribution in [0.25, 0.3) is 10.8 Å². The van der Waals surface area contributed by atoms with E-state index >= 15 is 0 Å². The summed E-state index contributed by atoms with van der Waals surface area (Å²) in [5.74, 6) is 0.715. The minimum Gasteiger partial charge on any atom is -0.314 e. The fourth-order valence-electron chi connectivity index (χ4n) is 2.22. The first-order valence-electron chi connectivity index (χ1n) is 6.49. The largest absolute Gasteiger partial charge is 0.314 e. The van der Waals surface area contributed by atoms with Crippen molar-refractivity contribution in [2.45, 2.75) is 19.5 Å². The normalized spacial score (nSPS) is 20.6. The van der Waals surface area contributed by atoms with Crippen molar-refractivity contribution in [3.8, 4) is 10.8 Å². The van der Waals surface area contributed by atoms with Gasteiger partial charge in [-0.2, -0.15) is 0 Å². The van der Waals surface area contributed by atoms with E-state index in [0.29, 0.717) is 11.9 Å². The predicted molar refractivity (Wildman–Crippen MR) is 75.9 cm³/mol. The highest BCUT2D eigenvalue weighted by atomic mass is 32.1. The molecule has 0 spiro atoms. The van der Waals surface area contributed by atoms with Gasteiger partial charge in [0.1, 0.15) is 0 Å². The van der Waals surface area contributed by atoms with E-state index < -0.39 is 0 Å². The van der Waals surface area contributed by atoms with Crippen LogP contribution >= 0.6 is 11.3 Å². The summed E-state index contributed by atoms with van der Waals surface area (Å²) in [6.45, 7) is 6.35. The SMILES string of the molecule is C[C@@H]1CNCCN1Cc1csc(-c2ncccn2)n1.